The number of rotatable bonds is 5. The molecule has 2 aromatic heterocycles. The van der Waals surface area contributed by atoms with Crippen molar-refractivity contribution in [3.63, 3.8) is 0 Å². The number of ether oxygens (including phenoxy) is 2. The second-order valence-electron chi connectivity index (χ2n) is 6.72. The van der Waals surface area contributed by atoms with Crippen molar-refractivity contribution in [2.45, 2.75) is 13.1 Å². The number of hydrogen-bond donors (Lipinski definition) is 2. The van der Waals surface area contributed by atoms with Crippen molar-refractivity contribution in [2.75, 3.05) is 13.2 Å². The van der Waals surface area contributed by atoms with Crippen molar-refractivity contribution in [2.24, 2.45) is 0 Å². The van der Waals surface area contributed by atoms with Crippen LogP contribution < -0.4 is 14.8 Å². The molecule has 1 aliphatic heterocycles. The lowest BCUT2D eigenvalue weighted by molar-refractivity contribution is 0.171. The van der Waals surface area contributed by atoms with Gasteiger partial charge in [-0.1, -0.05) is 24.3 Å². The molecule has 4 aromatic rings. The number of nitrogens with zero attached hydrogens (tertiary/aromatic N) is 2. The first kappa shape index (κ1) is 16.8. The zero-order valence-corrected chi connectivity index (χ0v) is 15.3. The number of benzene rings is 2. The molecular formula is C22H20N4O2. The molecule has 28 heavy (non-hydrogen) atoms. The van der Waals surface area contributed by atoms with E-state index in [1.165, 1.54) is 5.56 Å². The molecule has 0 amide bonds. The Kier molecular flexibility index (Phi) is 4.39. The second kappa shape index (κ2) is 7.32. The Balaban J connectivity index is 1.33. The average Bonchev–Trinajstić information content (AvgIpc) is 3.22. The quantitative estimate of drug-likeness (QED) is 0.559. The van der Waals surface area contributed by atoms with E-state index in [-0.39, 0.29) is 0 Å². The second-order valence-corrected chi connectivity index (χ2v) is 6.72. The number of para-hydroxylation sites is 1. The van der Waals surface area contributed by atoms with E-state index < -0.39 is 0 Å². The Morgan fingerprint density at radius 1 is 0.929 bits per heavy atom. The Hall–Kier alpha value is -3.38. The van der Waals surface area contributed by atoms with Crippen LogP contribution in [-0.4, -0.2) is 28.4 Å². The van der Waals surface area contributed by atoms with Crippen LogP contribution in [0, 0.1) is 0 Å². The van der Waals surface area contributed by atoms with Gasteiger partial charge < -0.3 is 14.8 Å². The van der Waals surface area contributed by atoms with E-state index >= 15 is 0 Å². The lowest BCUT2D eigenvalue weighted by atomic mass is 10.1. The van der Waals surface area contributed by atoms with Crippen LogP contribution >= 0.6 is 0 Å². The van der Waals surface area contributed by atoms with Gasteiger partial charge >= 0.3 is 0 Å². The van der Waals surface area contributed by atoms with Crippen LogP contribution in [0.25, 0.3) is 22.2 Å². The van der Waals surface area contributed by atoms with Gasteiger partial charge in [-0.2, -0.15) is 5.10 Å². The first-order valence-corrected chi connectivity index (χ1v) is 9.34. The molecule has 0 radical (unpaired) electrons. The summed E-state index contributed by atoms with van der Waals surface area (Å²) in [5, 5.41) is 12.0. The SMILES string of the molecule is c1cnc2c(CNCc3cn[nH]c3-c3ccc4c(c3)OCCO4)cccc2c1. The van der Waals surface area contributed by atoms with E-state index in [2.05, 4.69) is 44.8 Å². The van der Waals surface area contributed by atoms with Crippen molar-refractivity contribution < 1.29 is 9.47 Å². The number of fused-ring (bicyclic) bond motifs is 2. The summed E-state index contributed by atoms with van der Waals surface area (Å²) in [4.78, 5) is 4.52. The molecule has 2 aromatic carbocycles. The lowest BCUT2D eigenvalue weighted by Crippen LogP contribution is -2.15. The number of nitrogens with one attached hydrogen (secondary N) is 2. The number of hydrogen-bond acceptors (Lipinski definition) is 5. The van der Waals surface area contributed by atoms with E-state index in [0.29, 0.717) is 19.8 Å². The van der Waals surface area contributed by atoms with Gasteiger partial charge in [0.2, 0.25) is 0 Å². The summed E-state index contributed by atoms with van der Waals surface area (Å²) in [6.07, 6.45) is 3.70. The molecule has 0 fully saturated rings. The maximum atomic E-state index is 5.70. The van der Waals surface area contributed by atoms with Crippen LogP contribution in [0.3, 0.4) is 0 Å². The van der Waals surface area contributed by atoms with E-state index in [1.54, 1.807) is 0 Å². The van der Waals surface area contributed by atoms with Crippen LogP contribution in [0.2, 0.25) is 0 Å². The van der Waals surface area contributed by atoms with Gasteiger partial charge in [0.1, 0.15) is 13.2 Å². The van der Waals surface area contributed by atoms with Crippen LogP contribution in [0.15, 0.2) is 60.9 Å². The standard InChI is InChI=1S/C22H20N4O2/c1-3-15-5-2-8-24-21(15)17(4-1)12-23-13-18-14-25-26-22(18)16-6-7-19-20(11-16)28-10-9-27-19/h1-8,11,14,23H,9-10,12-13H2,(H,25,26). The summed E-state index contributed by atoms with van der Waals surface area (Å²) in [5.74, 6) is 1.57. The highest BCUT2D eigenvalue weighted by atomic mass is 16.6. The summed E-state index contributed by atoms with van der Waals surface area (Å²) in [5.41, 5.74) is 5.34. The number of aromatic nitrogens is 3. The first-order valence-electron chi connectivity index (χ1n) is 9.34. The molecule has 1 aliphatic rings. The molecule has 2 N–H and O–H groups in total. The van der Waals surface area contributed by atoms with Crippen LogP contribution in [-0.2, 0) is 13.1 Å². The molecular weight excluding hydrogens is 352 g/mol. The average molecular weight is 372 g/mol. The van der Waals surface area contributed by atoms with Gasteiger partial charge in [-0.25, -0.2) is 0 Å². The van der Waals surface area contributed by atoms with Crippen molar-refractivity contribution in [3.05, 3.63) is 72.1 Å². The molecule has 0 bridgehead atoms. The molecule has 0 atom stereocenters. The minimum Gasteiger partial charge on any atom is -0.486 e. The van der Waals surface area contributed by atoms with Gasteiger partial charge in [-0.3, -0.25) is 10.1 Å². The maximum absolute atomic E-state index is 5.70. The molecule has 0 aliphatic carbocycles. The normalized spacial score (nSPS) is 13.0. The van der Waals surface area contributed by atoms with Crippen molar-refractivity contribution in [1.82, 2.24) is 20.5 Å². The lowest BCUT2D eigenvalue weighted by Gasteiger charge is -2.18. The highest BCUT2D eigenvalue weighted by molar-refractivity contribution is 5.81. The third-order valence-corrected chi connectivity index (χ3v) is 4.90. The highest BCUT2D eigenvalue weighted by Crippen LogP contribution is 2.34. The summed E-state index contributed by atoms with van der Waals surface area (Å²) in [7, 11) is 0. The maximum Gasteiger partial charge on any atom is 0.162 e. The zero-order chi connectivity index (χ0) is 18.8. The fourth-order valence-corrected chi connectivity index (χ4v) is 3.54. The largest absolute Gasteiger partial charge is 0.486 e. The van der Waals surface area contributed by atoms with E-state index in [9.17, 15) is 0 Å². The van der Waals surface area contributed by atoms with Gasteiger partial charge in [0.05, 0.1) is 17.4 Å². The topological polar surface area (TPSA) is 72.1 Å². The number of pyridine rings is 1. The third kappa shape index (κ3) is 3.18. The molecule has 140 valence electrons. The molecule has 5 rings (SSSR count). The van der Waals surface area contributed by atoms with E-state index in [4.69, 9.17) is 9.47 Å². The third-order valence-electron chi connectivity index (χ3n) is 4.90. The molecule has 6 nitrogen and oxygen atoms in total. The smallest absolute Gasteiger partial charge is 0.162 e. The van der Waals surface area contributed by atoms with Crippen LogP contribution in [0.5, 0.6) is 11.5 Å². The Labute approximate surface area is 162 Å². The Morgan fingerprint density at radius 3 is 2.75 bits per heavy atom. The van der Waals surface area contributed by atoms with Crippen molar-refractivity contribution >= 4 is 10.9 Å². The minimum absolute atomic E-state index is 0.576. The van der Waals surface area contributed by atoms with E-state index in [0.717, 1.165) is 45.8 Å². The number of aromatic amines is 1. The molecule has 3 heterocycles. The monoisotopic (exact) mass is 372 g/mol. The molecule has 0 spiro atoms. The molecule has 0 saturated carbocycles. The van der Waals surface area contributed by atoms with Crippen molar-refractivity contribution in [1.29, 1.82) is 0 Å². The molecule has 6 heteroatoms. The predicted octanol–water partition coefficient (Wildman–Crippen LogP) is 3.69. The fraction of sp³-hybridized carbons (Fsp3) is 0.182. The molecule has 0 unspecified atom stereocenters. The van der Waals surface area contributed by atoms with Crippen LogP contribution in [0.1, 0.15) is 11.1 Å². The Morgan fingerprint density at radius 2 is 1.79 bits per heavy atom. The summed E-state index contributed by atoms with van der Waals surface area (Å²) in [6.45, 7) is 2.60. The van der Waals surface area contributed by atoms with Gasteiger partial charge in [0.25, 0.3) is 0 Å². The fourth-order valence-electron chi connectivity index (χ4n) is 3.54. The Bertz CT molecular complexity index is 1120. The number of H-pyrrole nitrogens is 1. The summed E-state index contributed by atoms with van der Waals surface area (Å²) in [6, 6.07) is 16.3. The van der Waals surface area contributed by atoms with Gasteiger partial charge in [-0.15, -0.1) is 0 Å². The zero-order valence-electron chi connectivity index (χ0n) is 15.3. The highest BCUT2D eigenvalue weighted by Gasteiger charge is 2.15. The predicted molar refractivity (Wildman–Crippen MR) is 107 cm³/mol. The summed E-state index contributed by atoms with van der Waals surface area (Å²) >= 11 is 0. The first-order chi connectivity index (χ1) is 13.9. The minimum atomic E-state index is 0.576. The van der Waals surface area contributed by atoms with Crippen molar-refractivity contribution in [3.8, 4) is 22.8 Å². The van der Waals surface area contributed by atoms with E-state index in [1.807, 2.05) is 36.7 Å². The van der Waals surface area contributed by atoms with Gasteiger partial charge in [-0.05, 0) is 29.8 Å². The molecule has 0 saturated heterocycles. The van der Waals surface area contributed by atoms with Crippen LogP contribution in [0.4, 0.5) is 0 Å². The summed E-state index contributed by atoms with van der Waals surface area (Å²) < 4.78 is 11.3. The van der Waals surface area contributed by atoms with Gasteiger partial charge in [0.15, 0.2) is 11.5 Å². The van der Waals surface area contributed by atoms with Gasteiger partial charge in [0, 0.05) is 35.8 Å².